The molecular weight excluding hydrogens is 350 g/mol. The number of aromatic hydroxyl groups is 1. The summed E-state index contributed by atoms with van der Waals surface area (Å²) in [6, 6.07) is 7.00. The number of carboxylic acids is 1. The van der Waals surface area contributed by atoms with Crippen molar-refractivity contribution in [1.82, 2.24) is 4.98 Å². The van der Waals surface area contributed by atoms with E-state index in [1.165, 1.54) is 43.5 Å². The molecule has 0 fully saturated rings. The third-order valence-electron chi connectivity index (χ3n) is 2.95. The zero-order valence-electron chi connectivity index (χ0n) is 13.3. The van der Waals surface area contributed by atoms with Gasteiger partial charge in [0.05, 0.1) is 11.9 Å². The molecule has 2 rings (SSSR count). The van der Waals surface area contributed by atoms with Crippen molar-refractivity contribution in [3.63, 3.8) is 0 Å². The first-order valence-electron chi connectivity index (χ1n) is 6.87. The summed E-state index contributed by atoms with van der Waals surface area (Å²) in [5, 5.41) is 22.2. The van der Waals surface area contributed by atoms with Gasteiger partial charge in [-0.1, -0.05) is 0 Å². The summed E-state index contributed by atoms with van der Waals surface area (Å²) in [4.78, 5) is 14.4. The van der Waals surface area contributed by atoms with E-state index in [2.05, 4.69) is 15.5 Å². The predicted molar refractivity (Wildman–Crippen MR) is 89.9 cm³/mol. The number of ether oxygens (including phenoxy) is 1. The molecule has 0 aliphatic rings. The summed E-state index contributed by atoms with van der Waals surface area (Å²) in [6.45, 7) is 1.30. The smallest absolute Gasteiger partial charge is 0.351 e. The molecule has 132 valence electrons. The van der Waals surface area contributed by atoms with Crippen molar-refractivity contribution in [1.29, 1.82) is 0 Å². The highest BCUT2D eigenvalue weighted by Gasteiger charge is 2.10. The number of carbonyl (C=O) groups is 1. The maximum atomic E-state index is 11.3. The van der Waals surface area contributed by atoms with Gasteiger partial charge < -0.3 is 14.9 Å². The lowest BCUT2D eigenvalue weighted by molar-refractivity contribution is -0.129. The van der Waals surface area contributed by atoms with E-state index in [0.29, 0.717) is 0 Å². The molecule has 1 aromatic carbocycles. The van der Waals surface area contributed by atoms with Gasteiger partial charge in [-0.2, -0.15) is 5.10 Å². The Kier molecular flexibility index (Phi) is 5.22. The average molecular weight is 365 g/mol. The quantitative estimate of drug-likeness (QED) is 0.400. The maximum Gasteiger partial charge on any atom is 0.351 e. The Labute approximate surface area is 143 Å². The molecule has 0 unspecified atom stereocenters. The Morgan fingerprint density at radius 1 is 1.24 bits per heavy atom. The summed E-state index contributed by atoms with van der Waals surface area (Å²) >= 11 is 0. The molecule has 0 saturated carbocycles. The minimum atomic E-state index is -3.39. The Hall–Kier alpha value is -3.14. The van der Waals surface area contributed by atoms with Gasteiger partial charge in [0.2, 0.25) is 0 Å². The molecule has 1 aromatic heterocycles. The molecule has 2 aromatic rings. The molecule has 0 amide bonds. The third kappa shape index (κ3) is 4.91. The minimum absolute atomic E-state index is 0.0751. The molecule has 9 nitrogen and oxygen atoms in total. The number of hydrogen-bond donors (Lipinski definition) is 3. The number of aliphatic carboxylic acids is 1. The first kappa shape index (κ1) is 18.2. The number of phenols is 1. The zero-order valence-corrected chi connectivity index (χ0v) is 14.1. The van der Waals surface area contributed by atoms with Crippen LogP contribution in [0.5, 0.6) is 17.2 Å². The second-order valence-electron chi connectivity index (χ2n) is 5.00. The van der Waals surface area contributed by atoms with E-state index in [0.717, 1.165) is 6.26 Å². The molecule has 10 heteroatoms. The largest absolute Gasteiger partial charge is 0.506 e. The SMILES string of the molecule is C/C(=N\Nc1ccc(Oc2ccc(S(C)(=O)=O)nc2)cc1O)C(=O)O. The Morgan fingerprint density at radius 3 is 2.44 bits per heavy atom. The maximum absolute atomic E-state index is 11.3. The standard InChI is InChI=1S/C15H15N3O6S/c1-9(15(20)21)17-18-12-5-3-10(7-13(12)19)24-11-4-6-14(16-8-11)25(2,22)23/h3-8,18-19H,1-2H3,(H,20,21)/b17-9+. The number of hydrogen-bond acceptors (Lipinski definition) is 8. The topological polar surface area (TPSA) is 138 Å². The number of pyridine rings is 1. The van der Waals surface area contributed by atoms with Crippen LogP contribution in [0.25, 0.3) is 0 Å². The van der Waals surface area contributed by atoms with Crippen LogP contribution in [0.3, 0.4) is 0 Å². The van der Waals surface area contributed by atoms with Crippen molar-refractivity contribution in [2.45, 2.75) is 11.9 Å². The number of sulfone groups is 1. The molecule has 0 saturated heterocycles. The number of nitrogens with one attached hydrogen (secondary N) is 1. The van der Waals surface area contributed by atoms with Crippen LogP contribution in [0.4, 0.5) is 5.69 Å². The van der Waals surface area contributed by atoms with Crippen LogP contribution in [0.15, 0.2) is 46.7 Å². The Morgan fingerprint density at radius 2 is 1.92 bits per heavy atom. The highest BCUT2D eigenvalue weighted by molar-refractivity contribution is 7.90. The van der Waals surface area contributed by atoms with Crippen LogP contribution in [0.1, 0.15) is 6.92 Å². The van der Waals surface area contributed by atoms with Crippen LogP contribution < -0.4 is 10.2 Å². The summed E-state index contributed by atoms with van der Waals surface area (Å²) in [7, 11) is -3.39. The van der Waals surface area contributed by atoms with E-state index in [1.54, 1.807) is 0 Å². The minimum Gasteiger partial charge on any atom is -0.506 e. The lowest BCUT2D eigenvalue weighted by Gasteiger charge is -2.09. The molecule has 25 heavy (non-hydrogen) atoms. The number of aromatic nitrogens is 1. The van der Waals surface area contributed by atoms with Gasteiger partial charge in [-0.05, 0) is 31.2 Å². The van der Waals surface area contributed by atoms with Gasteiger partial charge in [0.1, 0.15) is 23.0 Å². The first-order valence-corrected chi connectivity index (χ1v) is 8.76. The van der Waals surface area contributed by atoms with Gasteiger partial charge >= 0.3 is 5.97 Å². The van der Waals surface area contributed by atoms with Crippen LogP contribution in [0.2, 0.25) is 0 Å². The fraction of sp³-hybridized carbons (Fsp3) is 0.133. The van der Waals surface area contributed by atoms with E-state index < -0.39 is 15.8 Å². The third-order valence-corrected chi connectivity index (χ3v) is 3.95. The molecule has 0 radical (unpaired) electrons. The Bertz CT molecular complexity index is 923. The number of carboxylic acid groups (broad SMARTS) is 1. The van der Waals surface area contributed by atoms with Crippen molar-refractivity contribution in [2.75, 3.05) is 11.7 Å². The number of anilines is 1. The van der Waals surface area contributed by atoms with Gasteiger partial charge in [-0.25, -0.2) is 18.2 Å². The summed E-state index contributed by atoms with van der Waals surface area (Å²) in [5.41, 5.74) is 2.46. The van der Waals surface area contributed by atoms with Crippen LogP contribution in [-0.2, 0) is 14.6 Å². The second kappa shape index (κ2) is 7.18. The summed E-state index contributed by atoms with van der Waals surface area (Å²) < 4.78 is 28.2. The first-order chi connectivity index (χ1) is 11.7. The van der Waals surface area contributed by atoms with Crippen LogP contribution in [0, 0.1) is 0 Å². The fourth-order valence-corrected chi connectivity index (χ4v) is 2.20. The number of phenolic OH excluding ortho intramolecular Hbond substituents is 1. The van der Waals surface area contributed by atoms with Gasteiger partial charge in [0, 0.05) is 12.3 Å². The van der Waals surface area contributed by atoms with Gasteiger partial charge in [-0.15, -0.1) is 0 Å². The molecule has 3 N–H and O–H groups in total. The zero-order chi connectivity index (χ0) is 18.6. The Balaban J connectivity index is 2.13. The fourth-order valence-electron chi connectivity index (χ4n) is 1.64. The van der Waals surface area contributed by atoms with Gasteiger partial charge in [0.15, 0.2) is 14.9 Å². The average Bonchev–Trinajstić information content (AvgIpc) is 2.53. The van der Waals surface area contributed by atoms with E-state index >= 15 is 0 Å². The van der Waals surface area contributed by atoms with Crippen LogP contribution in [-0.4, -0.2) is 41.6 Å². The molecule has 0 aliphatic heterocycles. The molecular formula is C15H15N3O6S. The lowest BCUT2D eigenvalue weighted by atomic mass is 10.3. The van der Waals surface area contributed by atoms with Crippen molar-refractivity contribution >= 4 is 27.2 Å². The van der Waals surface area contributed by atoms with Crippen molar-refractivity contribution < 1.29 is 28.2 Å². The van der Waals surface area contributed by atoms with E-state index in [1.807, 2.05) is 0 Å². The molecule has 0 aliphatic carbocycles. The van der Waals surface area contributed by atoms with Crippen molar-refractivity contribution in [3.8, 4) is 17.2 Å². The highest BCUT2D eigenvalue weighted by Crippen LogP contribution is 2.30. The van der Waals surface area contributed by atoms with Crippen molar-refractivity contribution in [3.05, 3.63) is 36.5 Å². The molecule has 1 heterocycles. The summed E-state index contributed by atoms with van der Waals surface area (Å²) in [6.07, 6.45) is 2.30. The molecule has 0 atom stereocenters. The molecule has 0 bridgehead atoms. The molecule has 0 spiro atoms. The van der Waals surface area contributed by atoms with E-state index in [-0.39, 0.29) is 33.7 Å². The normalized spacial score (nSPS) is 11.8. The number of rotatable bonds is 6. The number of benzene rings is 1. The van der Waals surface area contributed by atoms with E-state index in [9.17, 15) is 18.3 Å². The monoisotopic (exact) mass is 365 g/mol. The van der Waals surface area contributed by atoms with E-state index in [4.69, 9.17) is 9.84 Å². The number of hydrazone groups is 1. The number of nitrogens with zero attached hydrogens (tertiary/aromatic N) is 2. The predicted octanol–water partition coefficient (Wildman–Crippen LogP) is 1.86. The van der Waals surface area contributed by atoms with Gasteiger partial charge in [0.25, 0.3) is 0 Å². The second-order valence-corrected chi connectivity index (χ2v) is 6.96. The highest BCUT2D eigenvalue weighted by atomic mass is 32.2. The van der Waals surface area contributed by atoms with Crippen molar-refractivity contribution in [2.24, 2.45) is 5.10 Å². The van der Waals surface area contributed by atoms with Crippen LogP contribution >= 0.6 is 0 Å². The lowest BCUT2D eigenvalue weighted by Crippen LogP contribution is -2.10. The van der Waals surface area contributed by atoms with Gasteiger partial charge in [-0.3, -0.25) is 5.43 Å². The summed E-state index contributed by atoms with van der Waals surface area (Å²) in [5.74, 6) is -0.833.